The molecule has 0 atom stereocenters. The Hall–Kier alpha value is -2.44. The lowest BCUT2D eigenvalue weighted by molar-refractivity contribution is 0.0936. The van der Waals surface area contributed by atoms with Gasteiger partial charge in [-0.05, 0) is 30.2 Å². The molecule has 0 aliphatic heterocycles. The number of hydrogen-bond acceptors (Lipinski definition) is 4. The van der Waals surface area contributed by atoms with Gasteiger partial charge < -0.3 is 15.4 Å². The van der Waals surface area contributed by atoms with Crippen LogP contribution in [0.15, 0.2) is 42.7 Å². The quantitative estimate of drug-likeness (QED) is 0.705. The molecule has 2 rings (SSSR count). The molecular weight excluding hydrogens is 342 g/mol. The molecule has 0 aliphatic rings. The molecule has 7 heteroatoms. The van der Waals surface area contributed by atoms with Crippen molar-refractivity contribution >= 4 is 23.4 Å². The van der Waals surface area contributed by atoms with Crippen molar-refractivity contribution < 1.29 is 14.3 Å². The first-order valence-corrected chi connectivity index (χ1v) is 8.23. The van der Waals surface area contributed by atoms with Crippen molar-refractivity contribution in [3.63, 3.8) is 0 Å². The van der Waals surface area contributed by atoms with E-state index in [4.69, 9.17) is 16.3 Å². The number of carbonyl (C=O) groups excluding carboxylic acids is 2. The standard InChI is InChI=1S/C18H20ClN3O3/c1-25-9-8-22-18(24)15-10-14(11-20-12-15)17(23)21-7-6-13-2-4-16(19)5-3-13/h2-5,10-12H,6-9H2,1H3,(H,21,23)(H,22,24). The van der Waals surface area contributed by atoms with Gasteiger partial charge in [-0.2, -0.15) is 0 Å². The van der Waals surface area contributed by atoms with Crippen LogP contribution < -0.4 is 10.6 Å². The first-order chi connectivity index (χ1) is 12.1. The summed E-state index contributed by atoms with van der Waals surface area (Å²) in [6.45, 7) is 1.29. The lowest BCUT2D eigenvalue weighted by Crippen LogP contribution is -2.28. The maximum atomic E-state index is 12.2. The minimum atomic E-state index is -0.291. The van der Waals surface area contributed by atoms with Gasteiger partial charge in [0.05, 0.1) is 17.7 Å². The van der Waals surface area contributed by atoms with E-state index in [1.807, 2.05) is 24.3 Å². The fourth-order valence-electron chi connectivity index (χ4n) is 2.13. The molecule has 1 heterocycles. The minimum Gasteiger partial charge on any atom is -0.383 e. The number of nitrogens with zero attached hydrogens (tertiary/aromatic N) is 1. The van der Waals surface area contributed by atoms with Gasteiger partial charge >= 0.3 is 0 Å². The number of halogens is 1. The largest absolute Gasteiger partial charge is 0.383 e. The van der Waals surface area contributed by atoms with Gasteiger partial charge in [-0.1, -0.05) is 23.7 Å². The van der Waals surface area contributed by atoms with E-state index in [9.17, 15) is 9.59 Å². The number of methoxy groups -OCH3 is 1. The van der Waals surface area contributed by atoms with Crippen molar-refractivity contribution in [3.05, 3.63) is 64.4 Å². The first kappa shape index (κ1) is 18.9. The van der Waals surface area contributed by atoms with E-state index in [0.29, 0.717) is 42.3 Å². The third kappa shape index (κ3) is 6.17. The van der Waals surface area contributed by atoms with Crippen LogP contribution in [0.1, 0.15) is 26.3 Å². The normalized spacial score (nSPS) is 10.3. The predicted molar refractivity (Wildman–Crippen MR) is 95.9 cm³/mol. The van der Waals surface area contributed by atoms with Crippen molar-refractivity contribution in [3.8, 4) is 0 Å². The maximum absolute atomic E-state index is 12.2. The summed E-state index contributed by atoms with van der Waals surface area (Å²) in [5.41, 5.74) is 1.76. The number of rotatable bonds is 8. The Morgan fingerprint density at radius 2 is 1.64 bits per heavy atom. The second-order valence-corrected chi connectivity index (χ2v) is 5.78. The maximum Gasteiger partial charge on any atom is 0.252 e. The van der Waals surface area contributed by atoms with Gasteiger partial charge in [0.1, 0.15) is 0 Å². The highest BCUT2D eigenvalue weighted by molar-refractivity contribution is 6.30. The summed E-state index contributed by atoms with van der Waals surface area (Å²) >= 11 is 5.84. The summed E-state index contributed by atoms with van der Waals surface area (Å²) in [4.78, 5) is 28.1. The molecule has 2 aromatic rings. The monoisotopic (exact) mass is 361 g/mol. The van der Waals surface area contributed by atoms with Gasteiger partial charge in [0.2, 0.25) is 0 Å². The fourth-order valence-corrected chi connectivity index (χ4v) is 2.26. The lowest BCUT2D eigenvalue weighted by Gasteiger charge is -2.07. The zero-order valence-corrected chi connectivity index (χ0v) is 14.7. The van der Waals surface area contributed by atoms with Crippen LogP contribution in [0.3, 0.4) is 0 Å². The average Bonchev–Trinajstić information content (AvgIpc) is 2.63. The molecule has 0 aliphatic carbocycles. The molecule has 0 unspecified atom stereocenters. The van der Waals surface area contributed by atoms with Crippen molar-refractivity contribution in [1.82, 2.24) is 15.6 Å². The van der Waals surface area contributed by atoms with Crippen LogP contribution in [0, 0.1) is 0 Å². The van der Waals surface area contributed by atoms with Gasteiger partial charge in [-0.25, -0.2) is 0 Å². The number of pyridine rings is 1. The van der Waals surface area contributed by atoms with Crippen LogP contribution in [-0.4, -0.2) is 43.6 Å². The zero-order chi connectivity index (χ0) is 18.1. The highest BCUT2D eigenvalue weighted by Gasteiger charge is 2.11. The first-order valence-electron chi connectivity index (χ1n) is 7.85. The summed E-state index contributed by atoms with van der Waals surface area (Å²) in [5, 5.41) is 6.19. The van der Waals surface area contributed by atoms with Gasteiger partial charge in [-0.15, -0.1) is 0 Å². The lowest BCUT2D eigenvalue weighted by atomic mass is 10.1. The topological polar surface area (TPSA) is 80.3 Å². The molecule has 1 aromatic heterocycles. The number of benzene rings is 1. The summed E-state index contributed by atoms with van der Waals surface area (Å²) in [5.74, 6) is -0.562. The fraction of sp³-hybridized carbons (Fsp3) is 0.278. The molecule has 25 heavy (non-hydrogen) atoms. The Morgan fingerprint density at radius 3 is 2.24 bits per heavy atom. The van der Waals surface area contributed by atoms with E-state index in [1.54, 1.807) is 7.11 Å². The number of aromatic nitrogens is 1. The van der Waals surface area contributed by atoms with Crippen molar-refractivity contribution in [2.75, 3.05) is 26.8 Å². The van der Waals surface area contributed by atoms with Crippen LogP contribution in [0.2, 0.25) is 5.02 Å². The molecule has 0 spiro atoms. The molecule has 0 saturated carbocycles. The Bertz CT molecular complexity index is 720. The molecular formula is C18H20ClN3O3. The van der Waals surface area contributed by atoms with Crippen molar-refractivity contribution in [1.29, 1.82) is 0 Å². The highest BCUT2D eigenvalue weighted by Crippen LogP contribution is 2.09. The summed E-state index contributed by atoms with van der Waals surface area (Å²) < 4.78 is 4.88. The van der Waals surface area contributed by atoms with Crippen LogP contribution in [0.25, 0.3) is 0 Å². The van der Waals surface area contributed by atoms with Crippen LogP contribution in [0.4, 0.5) is 0 Å². The highest BCUT2D eigenvalue weighted by atomic mass is 35.5. The summed E-state index contributed by atoms with van der Waals surface area (Å²) in [7, 11) is 1.56. The third-order valence-electron chi connectivity index (χ3n) is 3.47. The molecule has 132 valence electrons. The second-order valence-electron chi connectivity index (χ2n) is 5.34. The smallest absolute Gasteiger partial charge is 0.252 e. The molecule has 0 fully saturated rings. The average molecular weight is 362 g/mol. The Morgan fingerprint density at radius 1 is 1.04 bits per heavy atom. The van der Waals surface area contributed by atoms with Crippen molar-refractivity contribution in [2.24, 2.45) is 0 Å². The molecule has 0 saturated heterocycles. The molecule has 2 amide bonds. The van der Waals surface area contributed by atoms with E-state index in [1.165, 1.54) is 18.5 Å². The van der Waals surface area contributed by atoms with Crippen LogP contribution in [-0.2, 0) is 11.2 Å². The van der Waals surface area contributed by atoms with Crippen LogP contribution >= 0.6 is 11.6 Å². The van der Waals surface area contributed by atoms with E-state index in [0.717, 1.165) is 5.56 Å². The Kier molecular flexibility index (Phi) is 7.37. The van der Waals surface area contributed by atoms with Gasteiger partial charge in [-0.3, -0.25) is 14.6 Å². The van der Waals surface area contributed by atoms with E-state index in [-0.39, 0.29) is 11.8 Å². The Labute approximate surface area is 151 Å². The predicted octanol–water partition coefficient (Wildman–Crippen LogP) is 2.08. The van der Waals surface area contributed by atoms with Crippen molar-refractivity contribution in [2.45, 2.75) is 6.42 Å². The number of ether oxygens (including phenoxy) is 1. The van der Waals surface area contributed by atoms with Gasteiger partial charge in [0.15, 0.2) is 0 Å². The Balaban J connectivity index is 1.87. The number of nitrogens with one attached hydrogen (secondary N) is 2. The van der Waals surface area contributed by atoms with E-state index >= 15 is 0 Å². The minimum absolute atomic E-state index is 0.270. The zero-order valence-electron chi connectivity index (χ0n) is 13.9. The molecule has 0 bridgehead atoms. The molecule has 6 nitrogen and oxygen atoms in total. The van der Waals surface area contributed by atoms with E-state index in [2.05, 4.69) is 15.6 Å². The molecule has 1 aromatic carbocycles. The number of hydrogen-bond donors (Lipinski definition) is 2. The summed E-state index contributed by atoms with van der Waals surface area (Å²) in [6.07, 6.45) is 3.55. The van der Waals surface area contributed by atoms with E-state index < -0.39 is 0 Å². The number of amides is 2. The third-order valence-corrected chi connectivity index (χ3v) is 3.72. The van der Waals surface area contributed by atoms with Crippen LogP contribution in [0.5, 0.6) is 0 Å². The number of carbonyl (C=O) groups is 2. The second kappa shape index (κ2) is 9.76. The SMILES string of the molecule is COCCNC(=O)c1cncc(C(=O)NCCc2ccc(Cl)cc2)c1. The van der Waals surface area contributed by atoms with Gasteiger partial charge in [0.25, 0.3) is 11.8 Å². The summed E-state index contributed by atoms with van der Waals surface area (Å²) in [6, 6.07) is 8.98. The molecule has 0 radical (unpaired) electrons. The molecule has 2 N–H and O–H groups in total. The van der Waals surface area contributed by atoms with Gasteiger partial charge in [0, 0.05) is 37.6 Å².